The molecule has 0 saturated heterocycles. The number of carbonyl (C=O) groups is 2. The van der Waals surface area contributed by atoms with Gasteiger partial charge in [-0.2, -0.15) is 0 Å². The largest absolute Gasteiger partial charge is 0.466 e. The van der Waals surface area contributed by atoms with Gasteiger partial charge in [0.05, 0.1) is 7.11 Å². The fourth-order valence-corrected chi connectivity index (χ4v) is 2.50. The van der Waals surface area contributed by atoms with Crippen molar-refractivity contribution in [3.8, 4) is 0 Å². The zero-order valence-corrected chi connectivity index (χ0v) is 14.9. The van der Waals surface area contributed by atoms with Gasteiger partial charge >= 0.3 is 5.97 Å². The molecule has 1 amide bonds. The summed E-state index contributed by atoms with van der Waals surface area (Å²) in [6, 6.07) is 13.5. The Balaban J connectivity index is 1.85. The summed E-state index contributed by atoms with van der Waals surface area (Å²) >= 11 is 0. The minimum atomic E-state index is -0.422. The normalized spacial score (nSPS) is 14.2. The number of benzene rings is 2. The fraction of sp³-hybridized carbons (Fsp3) is 0.182. The summed E-state index contributed by atoms with van der Waals surface area (Å²) < 4.78 is 17.8. The molecule has 0 aromatic heterocycles. The Hall–Kier alpha value is -3.21. The highest BCUT2D eigenvalue weighted by Gasteiger charge is 2.25. The van der Waals surface area contributed by atoms with Gasteiger partial charge in [-0.3, -0.25) is 4.79 Å². The first kappa shape index (κ1) is 18.6. The Morgan fingerprint density at radius 3 is 2.26 bits per heavy atom. The van der Waals surface area contributed by atoms with Crippen LogP contribution < -0.4 is 5.32 Å². The Kier molecular flexibility index (Phi) is 5.81. The van der Waals surface area contributed by atoms with Crippen LogP contribution in [0.5, 0.6) is 0 Å². The third kappa shape index (κ3) is 5.38. The van der Waals surface area contributed by atoms with Gasteiger partial charge in [0.25, 0.3) is 5.91 Å². The average Bonchev–Trinajstić information content (AvgIpc) is 3.50. The molecule has 0 bridgehead atoms. The van der Waals surface area contributed by atoms with Crippen molar-refractivity contribution in [1.29, 1.82) is 0 Å². The molecule has 138 valence electrons. The summed E-state index contributed by atoms with van der Waals surface area (Å²) in [4.78, 5) is 23.8. The SMILES string of the molecule is COC(=O)/C=C/c1ccc(/C=C(/C(=O)NC2CC2)c2ccc(F)cc2)cc1. The molecule has 2 aromatic rings. The van der Waals surface area contributed by atoms with Crippen LogP contribution in [-0.4, -0.2) is 25.0 Å². The molecule has 1 saturated carbocycles. The molecular weight excluding hydrogens is 345 g/mol. The Bertz CT molecular complexity index is 879. The lowest BCUT2D eigenvalue weighted by atomic mass is 10.0. The number of ether oxygens (including phenoxy) is 1. The first-order valence-corrected chi connectivity index (χ1v) is 8.70. The van der Waals surface area contributed by atoms with Crippen LogP contribution in [0.25, 0.3) is 17.7 Å². The maximum atomic E-state index is 13.2. The van der Waals surface area contributed by atoms with Gasteiger partial charge < -0.3 is 10.1 Å². The van der Waals surface area contributed by atoms with Gasteiger partial charge in [-0.1, -0.05) is 36.4 Å². The molecule has 27 heavy (non-hydrogen) atoms. The van der Waals surface area contributed by atoms with Crippen molar-refractivity contribution >= 4 is 29.6 Å². The Morgan fingerprint density at radius 1 is 1.04 bits per heavy atom. The van der Waals surface area contributed by atoms with Crippen molar-refractivity contribution in [2.24, 2.45) is 0 Å². The second-order valence-corrected chi connectivity index (χ2v) is 6.34. The highest BCUT2D eigenvalue weighted by atomic mass is 19.1. The lowest BCUT2D eigenvalue weighted by molar-refractivity contribution is -0.134. The first-order valence-electron chi connectivity index (χ1n) is 8.70. The second kappa shape index (κ2) is 8.45. The van der Waals surface area contributed by atoms with Crippen LogP contribution in [0, 0.1) is 5.82 Å². The number of esters is 1. The smallest absolute Gasteiger partial charge is 0.330 e. The molecule has 0 radical (unpaired) electrons. The van der Waals surface area contributed by atoms with E-state index in [1.807, 2.05) is 24.3 Å². The Labute approximate surface area is 157 Å². The van der Waals surface area contributed by atoms with E-state index in [-0.39, 0.29) is 17.8 Å². The molecular formula is C22H20FNO3. The number of rotatable bonds is 6. The number of amides is 1. The summed E-state index contributed by atoms with van der Waals surface area (Å²) in [6.45, 7) is 0. The molecule has 0 heterocycles. The lowest BCUT2D eigenvalue weighted by Gasteiger charge is -2.09. The van der Waals surface area contributed by atoms with Gasteiger partial charge in [0.1, 0.15) is 5.82 Å². The van der Waals surface area contributed by atoms with E-state index in [9.17, 15) is 14.0 Å². The molecule has 0 unspecified atom stereocenters. The summed E-state index contributed by atoms with van der Waals surface area (Å²) in [7, 11) is 1.32. The topological polar surface area (TPSA) is 55.4 Å². The van der Waals surface area contributed by atoms with E-state index in [0.717, 1.165) is 24.0 Å². The molecule has 4 nitrogen and oxygen atoms in total. The minimum absolute atomic E-state index is 0.168. The van der Waals surface area contributed by atoms with Crippen molar-refractivity contribution in [3.63, 3.8) is 0 Å². The number of nitrogens with one attached hydrogen (secondary N) is 1. The van der Waals surface area contributed by atoms with Gasteiger partial charge in [0.15, 0.2) is 0 Å². The third-order valence-corrected chi connectivity index (χ3v) is 4.17. The number of carbonyl (C=O) groups excluding carboxylic acids is 2. The maximum Gasteiger partial charge on any atom is 0.330 e. The molecule has 0 spiro atoms. The molecule has 5 heteroatoms. The lowest BCUT2D eigenvalue weighted by Crippen LogP contribution is -2.26. The Morgan fingerprint density at radius 2 is 1.67 bits per heavy atom. The van der Waals surface area contributed by atoms with Crippen LogP contribution in [-0.2, 0) is 14.3 Å². The average molecular weight is 365 g/mol. The number of hydrogen-bond acceptors (Lipinski definition) is 3. The molecule has 0 aliphatic heterocycles. The number of hydrogen-bond donors (Lipinski definition) is 1. The summed E-state index contributed by atoms with van der Waals surface area (Å²) in [5.41, 5.74) is 2.81. The van der Waals surface area contributed by atoms with Crippen LogP contribution >= 0.6 is 0 Å². The zero-order chi connectivity index (χ0) is 19.2. The molecule has 3 rings (SSSR count). The standard InChI is InChI=1S/C22H20FNO3/c1-27-21(25)13-6-15-2-4-16(5-3-15)14-20(22(26)24-19-11-12-19)17-7-9-18(23)10-8-17/h2-10,13-14,19H,11-12H2,1H3,(H,24,26)/b13-6+,20-14+. The van der Waals surface area contributed by atoms with E-state index in [4.69, 9.17) is 0 Å². The van der Waals surface area contributed by atoms with Crippen LogP contribution in [0.3, 0.4) is 0 Å². The third-order valence-electron chi connectivity index (χ3n) is 4.17. The van der Waals surface area contributed by atoms with Crippen molar-refractivity contribution in [2.75, 3.05) is 7.11 Å². The predicted octanol–water partition coefficient (Wildman–Crippen LogP) is 3.83. The van der Waals surface area contributed by atoms with E-state index in [2.05, 4.69) is 10.1 Å². The summed E-state index contributed by atoms with van der Waals surface area (Å²) in [5.74, 6) is -0.935. The van der Waals surface area contributed by atoms with E-state index in [1.165, 1.54) is 25.3 Å². The monoisotopic (exact) mass is 365 g/mol. The van der Waals surface area contributed by atoms with E-state index in [1.54, 1.807) is 24.3 Å². The van der Waals surface area contributed by atoms with Crippen LogP contribution in [0.4, 0.5) is 4.39 Å². The van der Waals surface area contributed by atoms with Crippen molar-refractivity contribution in [2.45, 2.75) is 18.9 Å². The van der Waals surface area contributed by atoms with Crippen molar-refractivity contribution < 1.29 is 18.7 Å². The highest BCUT2D eigenvalue weighted by Crippen LogP contribution is 2.24. The number of methoxy groups -OCH3 is 1. The molecule has 2 aromatic carbocycles. The van der Waals surface area contributed by atoms with Crippen molar-refractivity contribution in [1.82, 2.24) is 5.32 Å². The molecule has 1 N–H and O–H groups in total. The quantitative estimate of drug-likeness (QED) is 0.481. The van der Waals surface area contributed by atoms with Gasteiger partial charge in [0, 0.05) is 17.7 Å². The van der Waals surface area contributed by atoms with Crippen molar-refractivity contribution in [3.05, 3.63) is 77.1 Å². The molecule has 1 aliphatic carbocycles. The highest BCUT2D eigenvalue weighted by molar-refractivity contribution is 6.24. The van der Waals surface area contributed by atoms with Crippen LogP contribution in [0.1, 0.15) is 29.5 Å². The second-order valence-electron chi connectivity index (χ2n) is 6.34. The van der Waals surface area contributed by atoms with E-state index in [0.29, 0.717) is 11.1 Å². The van der Waals surface area contributed by atoms with Gasteiger partial charge in [-0.05, 0) is 53.8 Å². The number of halogens is 1. The predicted molar refractivity (Wildman–Crippen MR) is 103 cm³/mol. The van der Waals surface area contributed by atoms with Gasteiger partial charge in [-0.25, -0.2) is 9.18 Å². The molecule has 1 fully saturated rings. The van der Waals surface area contributed by atoms with Crippen LogP contribution in [0.15, 0.2) is 54.6 Å². The zero-order valence-electron chi connectivity index (χ0n) is 14.9. The summed E-state index contributed by atoms with van der Waals surface area (Å²) in [6.07, 6.45) is 6.75. The minimum Gasteiger partial charge on any atom is -0.466 e. The van der Waals surface area contributed by atoms with Gasteiger partial charge in [0.2, 0.25) is 0 Å². The van der Waals surface area contributed by atoms with E-state index >= 15 is 0 Å². The fourth-order valence-electron chi connectivity index (χ4n) is 2.50. The summed E-state index contributed by atoms with van der Waals surface area (Å²) in [5, 5.41) is 2.97. The molecule has 0 atom stereocenters. The maximum absolute atomic E-state index is 13.2. The van der Waals surface area contributed by atoms with Gasteiger partial charge in [-0.15, -0.1) is 0 Å². The molecule has 1 aliphatic rings. The van der Waals surface area contributed by atoms with Crippen LogP contribution in [0.2, 0.25) is 0 Å². The first-order chi connectivity index (χ1) is 13.0. The van der Waals surface area contributed by atoms with E-state index < -0.39 is 5.97 Å².